The number of para-hydroxylation sites is 1. The van der Waals surface area contributed by atoms with Crippen molar-refractivity contribution >= 4 is 0 Å². The molecule has 2 aliphatic rings. The third-order valence-electron chi connectivity index (χ3n) is 3.39. The summed E-state index contributed by atoms with van der Waals surface area (Å²) in [6, 6.07) is 8.71. The first-order valence-electron chi connectivity index (χ1n) is 5.58. The average molecular weight is 190 g/mol. The predicted molar refractivity (Wildman–Crippen MR) is 58.2 cm³/mol. The summed E-state index contributed by atoms with van der Waals surface area (Å²) in [7, 11) is 0. The summed E-state index contributed by atoms with van der Waals surface area (Å²) in [5, 5.41) is 8.63. The number of hydrogen-bond acceptors (Lipinski definition) is 1. The zero-order chi connectivity index (χ0) is 9.80. The summed E-state index contributed by atoms with van der Waals surface area (Å²) >= 11 is 0. The maximum atomic E-state index is 8.63. The Labute approximate surface area is 85.8 Å². The van der Waals surface area contributed by atoms with Crippen LogP contribution < -0.4 is 0 Å². The summed E-state index contributed by atoms with van der Waals surface area (Å²) in [6.07, 6.45) is 7.82. The lowest BCUT2D eigenvalue weighted by Gasteiger charge is -2.05. The van der Waals surface area contributed by atoms with Gasteiger partial charge in [0.05, 0.1) is 0 Å². The molecule has 0 amide bonds. The van der Waals surface area contributed by atoms with E-state index in [-0.39, 0.29) is 0 Å². The van der Waals surface area contributed by atoms with Gasteiger partial charge in [0.25, 0.3) is 0 Å². The number of phenolic OH excluding ortho intramolecular Hbond substituents is 1. The van der Waals surface area contributed by atoms with Crippen LogP contribution >= 0.6 is 0 Å². The van der Waals surface area contributed by atoms with Gasteiger partial charge in [0.15, 0.2) is 0 Å². The molecule has 0 saturated heterocycles. The molecule has 2 fully saturated rings. The molecule has 2 bridgehead atoms. The van der Waals surface area contributed by atoms with E-state index in [0.717, 1.165) is 0 Å². The van der Waals surface area contributed by atoms with Crippen LogP contribution in [0.15, 0.2) is 30.3 Å². The molecule has 1 nitrogen and oxygen atoms in total. The van der Waals surface area contributed by atoms with Crippen LogP contribution in [-0.4, -0.2) is 5.11 Å². The second kappa shape index (κ2) is 4.50. The number of aromatic hydroxyl groups is 1. The molecule has 0 spiro atoms. The first-order chi connectivity index (χ1) is 6.84. The van der Waals surface area contributed by atoms with Crippen LogP contribution in [0.4, 0.5) is 0 Å². The number of fused-ring (bicyclic) bond motifs is 2. The largest absolute Gasteiger partial charge is 0.508 e. The lowest BCUT2D eigenvalue weighted by molar-refractivity contribution is 0.475. The molecule has 0 aliphatic heterocycles. The number of hydrogen-bond donors (Lipinski definition) is 1. The minimum absolute atomic E-state index is 0.322. The molecular formula is C13H18O. The smallest absolute Gasteiger partial charge is 0.115 e. The van der Waals surface area contributed by atoms with Gasteiger partial charge in [-0.25, -0.2) is 0 Å². The zero-order valence-corrected chi connectivity index (χ0v) is 8.52. The molecule has 2 saturated carbocycles. The van der Waals surface area contributed by atoms with E-state index in [1.54, 1.807) is 56.4 Å². The van der Waals surface area contributed by atoms with E-state index >= 15 is 0 Å². The molecule has 0 aromatic heterocycles. The van der Waals surface area contributed by atoms with E-state index in [2.05, 4.69) is 0 Å². The first-order valence-corrected chi connectivity index (χ1v) is 5.58. The monoisotopic (exact) mass is 190 g/mol. The summed E-state index contributed by atoms with van der Waals surface area (Å²) in [6.45, 7) is 0. The Morgan fingerprint density at radius 2 is 1.36 bits per heavy atom. The fourth-order valence-corrected chi connectivity index (χ4v) is 2.60. The summed E-state index contributed by atoms with van der Waals surface area (Å²) in [5.41, 5.74) is 0. The van der Waals surface area contributed by atoms with Gasteiger partial charge >= 0.3 is 0 Å². The van der Waals surface area contributed by atoms with Gasteiger partial charge in [-0.15, -0.1) is 0 Å². The van der Waals surface area contributed by atoms with Gasteiger partial charge in [0, 0.05) is 0 Å². The van der Waals surface area contributed by atoms with Crippen molar-refractivity contribution in [1.82, 2.24) is 0 Å². The SMILES string of the molecule is C1CC2CCC1C2.Oc1ccccc1. The van der Waals surface area contributed by atoms with Crippen molar-refractivity contribution in [3.8, 4) is 5.75 Å². The normalized spacial score (nSPS) is 28.3. The molecule has 0 radical (unpaired) electrons. The average Bonchev–Trinajstić information content (AvgIpc) is 2.83. The Kier molecular flexibility index (Phi) is 3.07. The molecular weight excluding hydrogens is 172 g/mol. The molecule has 14 heavy (non-hydrogen) atoms. The van der Waals surface area contributed by atoms with Gasteiger partial charge in [0.2, 0.25) is 0 Å². The van der Waals surface area contributed by atoms with E-state index in [1.807, 2.05) is 6.07 Å². The highest BCUT2D eigenvalue weighted by Crippen LogP contribution is 2.43. The van der Waals surface area contributed by atoms with E-state index in [0.29, 0.717) is 5.75 Å². The Morgan fingerprint density at radius 3 is 1.57 bits per heavy atom. The molecule has 2 aliphatic carbocycles. The molecule has 1 N–H and O–H groups in total. The minimum atomic E-state index is 0.322. The number of rotatable bonds is 0. The van der Waals surface area contributed by atoms with Gasteiger partial charge < -0.3 is 5.11 Å². The van der Waals surface area contributed by atoms with Crippen molar-refractivity contribution in [2.24, 2.45) is 11.8 Å². The van der Waals surface area contributed by atoms with Crippen LogP contribution in [0.3, 0.4) is 0 Å². The fraction of sp³-hybridized carbons (Fsp3) is 0.538. The minimum Gasteiger partial charge on any atom is -0.508 e. The van der Waals surface area contributed by atoms with Gasteiger partial charge in [-0.1, -0.05) is 43.9 Å². The number of phenols is 1. The van der Waals surface area contributed by atoms with Gasteiger partial charge in [0.1, 0.15) is 5.75 Å². The lowest BCUT2D eigenvalue weighted by atomic mass is 10.0. The Balaban J connectivity index is 0.000000107. The van der Waals surface area contributed by atoms with Crippen LogP contribution in [0.25, 0.3) is 0 Å². The van der Waals surface area contributed by atoms with Crippen molar-refractivity contribution in [2.45, 2.75) is 32.1 Å². The molecule has 3 rings (SSSR count). The van der Waals surface area contributed by atoms with Crippen molar-refractivity contribution in [1.29, 1.82) is 0 Å². The maximum Gasteiger partial charge on any atom is 0.115 e. The highest BCUT2D eigenvalue weighted by atomic mass is 16.3. The van der Waals surface area contributed by atoms with E-state index in [4.69, 9.17) is 5.11 Å². The fourth-order valence-electron chi connectivity index (χ4n) is 2.60. The van der Waals surface area contributed by atoms with Crippen LogP contribution in [0.1, 0.15) is 32.1 Å². The molecule has 1 aromatic carbocycles. The standard InChI is InChI=1S/C7H12.C6H6O/c1-2-7-4-3-6(1)5-7;7-6-4-2-1-3-5-6/h6-7H,1-5H2;1-5,7H. The Morgan fingerprint density at radius 1 is 0.857 bits per heavy atom. The molecule has 1 aromatic rings. The van der Waals surface area contributed by atoms with Crippen LogP contribution in [0.2, 0.25) is 0 Å². The Hall–Kier alpha value is -0.980. The van der Waals surface area contributed by atoms with Gasteiger partial charge in [-0.3, -0.25) is 0 Å². The van der Waals surface area contributed by atoms with Crippen molar-refractivity contribution < 1.29 is 5.11 Å². The van der Waals surface area contributed by atoms with E-state index < -0.39 is 0 Å². The Bertz CT molecular complexity index is 250. The van der Waals surface area contributed by atoms with E-state index in [1.165, 1.54) is 11.8 Å². The van der Waals surface area contributed by atoms with Gasteiger partial charge in [-0.2, -0.15) is 0 Å². The quantitative estimate of drug-likeness (QED) is 0.663. The first kappa shape index (κ1) is 9.57. The molecule has 0 heterocycles. The highest BCUT2D eigenvalue weighted by molar-refractivity contribution is 5.18. The van der Waals surface area contributed by atoms with Crippen LogP contribution in [0, 0.1) is 11.8 Å². The molecule has 76 valence electrons. The van der Waals surface area contributed by atoms with Crippen LogP contribution in [0.5, 0.6) is 5.75 Å². The third-order valence-corrected chi connectivity index (χ3v) is 3.39. The maximum absolute atomic E-state index is 8.63. The second-order valence-electron chi connectivity index (χ2n) is 4.46. The zero-order valence-electron chi connectivity index (χ0n) is 8.52. The summed E-state index contributed by atoms with van der Waals surface area (Å²) in [4.78, 5) is 0. The summed E-state index contributed by atoms with van der Waals surface area (Å²) < 4.78 is 0. The van der Waals surface area contributed by atoms with E-state index in [9.17, 15) is 0 Å². The summed E-state index contributed by atoms with van der Waals surface area (Å²) in [5.74, 6) is 2.66. The molecule has 0 unspecified atom stereocenters. The number of benzene rings is 1. The van der Waals surface area contributed by atoms with Crippen LogP contribution in [-0.2, 0) is 0 Å². The molecule has 0 atom stereocenters. The second-order valence-corrected chi connectivity index (χ2v) is 4.46. The lowest BCUT2D eigenvalue weighted by Crippen LogP contribution is -1.90. The molecule has 1 heteroatoms. The van der Waals surface area contributed by atoms with Gasteiger partial charge in [-0.05, 0) is 30.4 Å². The van der Waals surface area contributed by atoms with Crippen molar-refractivity contribution in [3.05, 3.63) is 30.3 Å². The highest BCUT2D eigenvalue weighted by Gasteiger charge is 2.30. The third kappa shape index (κ3) is 2.50. The predicted octanol–water partition coefficient (Wildman–Crippen LogP) is 3.59. The topological polar surface area (TPSA) is 20.2 Å². The van der Waals surface area contributed by atoms with Crippen molar-refractivity contribution in [3.63, 3.8) is 0 Å². The van der Waals surface area contributed by atoms with Crippen molar-refractivity contribution in [2.75, 3.05) is 0 Å².